The minimum atomic E-state index is -4.92. The summed E-state index contributed by atoms with van der Waals surface area (Å²) in [5, 5.41) is 3.56. The third-order valence-electron chi connectivity index (χ3n) is 2.53. The molecule has 0 aliphatic heterocycles. The number of hydrogen-bond donors (Lipinski definition) is 0. The summed E-state index contributed by atoms with van der Waals surface area (Å²) in [6.07, 6.45) is -4.82. The summed E-state index contributed by atoms with van der Waals surface area (Å²) in [6, 6.07) is 0. The summed E-state index contributed by atoms with van der Waals surface area (Å²) in [4.78, 5) is 14.9. The van der Waals surface area contributed by atoms with Crippen LogP contribution in [-0.4, -0.2) is 28.7 Å². The first-order chi connectivity index (χ1) is 8.81. The Morgan fingerprint density at radius 1 is 1.42 bits per heavy atom. The second-order valence-electron chi connectivity index (χ2n) is 3.93. The first kappa shape index (κ1) is 15.6. The highest BCUT2D eigenvalue weighted by molar-refractivity contribution is 5.89. The van der Waals surface area contributed by atoms with Crippen molar-refractivity contribution in [2.45, 2.75) is 45.4 Å². The van der Waals surface area contributed by atoms with E-state index >= 15 is 0 Å². The van der Waals surface area contributed by atoms with Crippen LogP contribution in [0.2, 0.25) is 0 Å². The molecule has 0 saturated carbocycles. The van der Waals surface area contributed by atoms with Gasteiger partial charge in [-0.25, -0.2) is 0 Å². The van der Waals surface area contributed by atoms with Gasteiger partial charge in [0, 0.05) is 6.61 Å². The molecule has 5 nitrogen and oxygen atoms in total. The fourth-order valence-electron chi connectivity index (χ4n) is 1.49. The Balaban J connectivity index is 2.87. The zero-order valence-electron chi connectivity index (χ0n) is 10.8. The number of rotatable bonds is 6. The van der Waals surface area contributed by atoms with E-state index in [0.29, 0.717) is 13.0 Å². The van der Waals surface area contributed by atoms with Crippen LogP contribution in [-0.2, 0) is 9.53 Å². The van der Waals surface area contributed by atoms with Crippen LogP contribution in [0.15, 0.2) is 4.52 Å². The molecule has 0 radical (unpaired) electrons. The molecule has 2 atom stereocenters. The van der Waals surface area contributed by atoms with Crippen molar-refractivity contribution >= 4 is 5.78 Å². The van der Waals surface area contributed by atoms with Crippen LogP contribution < -0.4 is 0 Å². The third-order valence-corrected chi connectivity index (χ3v) is 2.53. The molecule has 0 fully saturated rings. The molecule has 0 aromatic carbocycles. The largest absolute Gasteiger partial charge is 0.450 e. The van der Waals surface area contributed by atoms with Crippen LogP contribution in [0, 0.1) is 0 Å². The number of Topliss-reactive ketones (excluding diaryl/α,β-unsaturated/α-hetero) is 1. The fourth-order valence-corrected chi connectivity index (χ4v) is 1.49. The second-order valence-corrected chi connectivity index (χ2v) is 3.93. The summed E-state index contributed by atoms with van der Waals surface area (Å²) < 4.78 is 46.8. The highest BCUT2D eigenvalue weighted by atomic mass is 19.4. The number of halogens is 3. The van der Waals surface area contributed by atoms with E-state index in [2.05, 4.69) is 10.1 Å². The minimum Gasteiger partial charge on any atom is -0.370 e. The summed E-state index contributed by atoms with van der Waals surface area (Å²) in [5.41, 5.74) is 0. The van der Waals surface area contributed by atoms with Gasteiger partial charge in [-0.05, 0) is 20.3 Å². The Kier molecular flexibility index (Phi) is 5.04. The van der Waals surface area contributed by atoms with E-state index in [1.54, 1.807) is 6.92 Å². The molecule has 0 spiro atoms. The Labute approximate surface area is 108 Å². The van der Waals surface area contributed by atoms with Gasteiger partial charge in [0.15, 0.2) is 0 Å². The number of hydrogen-bond acceptors (Lipinski definition) is 5. The van der Waals surface area contributed by atoms with Crippen LogP contribution >= 0.6 is 0 Å². The molecule has 0 bridgehead atoms. The van der Waals surface area contributed by atoms with Gasteiger partial charge in [0.1, 0.15) is 12.0 Å². The Morgan fingerprint density at radius 3 is 2.53 bits per heavy atom. The standard InChI is InChI=1S/C11H15F3N2O3/c1-4-7(18-5-2)9-15-10(19-16-9)6(3)8(17)11(12,13)14/h6-7H,4-5H2,1-3H3. The first-order valence-electron chi connectivity index (χ1n) is 5.87. The molecule has 108 valence electrons. The summed E-state index contributed by atoms with van der Waals surface area (Å²) in [7, 11) is 0. The number of aromatic nitrogens is 2. The predicted molar refractivity (Wildman–Crippen MR) is 58.4 cm³/mol. The number of ketones is 1. The molecule has 0 amide bonds. The molecule has 1 heterocycles. The zero-order valence-corrected chi connectivity index (χ0v) is 10.8. The van der Waals surface area contributed by atoms with E-state index in [-0.39, 0.29) is 11.7 Å². The average Bonchev–Trinajstić information content (AvgIpc) is 2.82. The third kappa shape index (κ3) is 3.76. The fraction of sp³-hybridized carbons (Fsp3) is 0.727. The van der Waals surface area contributed by atoms with Gasteiger partial charge in [0.25, 0.3) is 0 Å². The van der Waals surface area contributed by atoms with E-state index in [4.69, 9.17) is 9.26 Å². The van der Waals surface area contributed by atoms with Crippen LogP contribution in [0.5, 0.6) is 0 Å². The van der Waals surface area contributed by atoms with Crippen LogP contribution in [0.4, 0.5) is 13.2 Å². The lowest BCUT2D eigenvalue weighted by atomic mass is 10.1. The van der Waals surface area contributed by atoms with Crippen molar-refractivity contribution in [3.05, 3.63) is 11.7 Å². The number of alkyl halides is 3. The van der Waals surface area contributed by atoms with E-state index in [1.165, 1.54) is 0 Å². The maximum atomic E-state index is 12.3. The maximum absolute atomic E-state index is 12.3. The molecule has 19 heavy (non-hydrogen) atoms. The first-order valence-corrected chi connectivity index (χ1v) is 5.87. The second kappa shape index (κ2) is 6.14. The van der Waals surface area contributed by atoms with Crippen molar-refractivity contribution in [2.75, 3.05) is 6.61 Å². The number of ether oxygens (including phenoxy) is 1. The Bertz CT molecular complexity index is 431. The zero-order chi connectivity index (χ0) is 14.6. The molecule has 0 aliphatic carbocycles. The van der Waals surface area contributed by atoms with Gasteiger partial charge >= 0.3 is 6.18 Å². The van der Waals surface area contributed by atoms with E-state index in [9.17, 15) is 18.0 Å². The van der Waals surface area contributed by atoms with E-state index in [1.807, 2.05) is 6.92 Å². The number of carbonyl (C=O) groups is 1. The monoisotopic (exact) mass is 280 g/mol. The molecule has 0 aliphatic rings. The SMILES string of the molecule is CCOC(CC)c1noc(C(C)C(=O)C(F)(F)F)n1. The molecule has 2 unspecified atom stereocenters. The average molecular weight is 280 g/mol. The van der Waals surface area contributed by atoms with E-state index in [0.717, 1.165) is 6.92 Å². The highest BCUT2D eigenvalue weighted by Gasteiger charge is 2.44. The Hall–Kier alpha value is -1.44. The van der Waals surface area contributed by atoms with E-state index < -0.39 is 24.0 Å². The van der Waals surface area contributed by atoms with Gasteiger partial charge in [0.05, 0.1) is 0 Å². The predicted octanol–water partition coefficient (Wildman–Crippen LogP) is 2.79. The van der Waals surface area contributed by atoms with Crippen molar-refractivity contribution in [1.29, 1.82) is 0 Å². The molecule has 1 aromatic heterocycles. The number of carbonyl (C=O) groups excluding carboxylic acids is 1. The highest BCUT2D eigenvalue weighted by Crippen LogP contribution is 2.27. The van der Waals surface area contributed by atoms with Crippen molar-refractivity contribution in [3.8, 4) is 0 Å². The maximum Gasteiger partial charge on any atom is 0.450 e. The van der Waals surface area contributed by atoms with Gasteiger partial charge in [-0.1, -0.05) is 12.1 Å². The van der Waals surface area contributed by atoms with Crippen molar-refractivity contribution in [2.24, 2.45) is 0 Å². The van der Waals surface area contributed by atoms with Crippen molar-refractivity contribution < 1.29 is 27.2 Å². The van der Waals surface area contributed by atoms with Crippen LogP contribution in [0.3, 0.4) is 0 Å². The topological polar surface area (TPSA) is 65.2 Å². The van der Waals surface area contributed by atoms with Gasteiger partial charge in [-0.15, -0.1) is 0 Å². The lowest BCUT2D eigenvalue weighted by Crippen LogP contribution is -2.27. The molecular weight excluding hydrogens is 265 g/mol. The molecular formula is C11H15F3N2O3. The molecule has 0 N–H and O–H groups in total. The quantitative estimate of drug-likeness (QED) is 0.801. The van der Waals surface area contributed by atoms with Gasteiger partial charge in [-0.3, -0.25) is 4.79 Å². The summed E-state index contributed by atoms with van der Waals surface area (Å²) in [5.74, 6) is -3.62. The molecule has 1 aromatic rings. The smallest absolute Gasteiger partial charge is 0.370 e. The Morgan fingerprint density at radius 2 is 2.05 bits per heavy atom. The van der Waals surface area contributed by atoms with Crippen molar-refractivity contribution in [3.63, 3.8) is 0 Å². The van der Waals surface area contributed by atoms with Gasteiger partial charge in [0.2, 0.25) is 17.5 Å². The van der Waals surface area contributed by atoms with Crippen LogP contribution in [0.1, 0.15) is 50.9 Å². The molecule has 0 saturated heterocycles. The van der Waals surface area contributed by atoms with Gasteiger partial charge < -0.3 is 9.26 Å². The van der Waals surface area contributed by atoms with Crippen molar-refractivity contribution in [1.82, 2.24) is 10.1 Å². The summed E-state index contributed by atoms with van der Waals surface area (Å²) >= 11 is 0. The number of nitrogens with zero attached hydrogens (tertiary/aromatic N) is 2. The van der Waals surface area contributed by atoms with Gasteiger partial charge in [-0.2, -0.15) is 18.2 Å². The minimum absolute atomic E-state index is 0.154. The summed E-state index contributed by atoms with van der Waals surface area (Å²) in [6.45, 7) is 5.09. The lowest BCUT2D eigenvalue weighted by molar-refractivity contribution is -0.172. The molecule has 8 heteroatoms. The lowest BCUT2D eigenvalue weighted by Gasteiger charge is -2.10. The van der Waals surface area contributed by atoms with Crippen LogP contribution in [0.25, 0.3) is 0 Å². The normalized spacial score (nSPS) is 15.3. The molecule has 1 rings (SSSR count).